The monoisotopic (exact) mass is 344 g/mol. The predicted octanol–water partition coefficient (Wildman–Crippen LogP) is 3.12. The van der Waals surface area contributed by atoms with E-state index in [2.05, 4.69) is 18.9 Å². The number of amides is 1. The lowest BCUT2D eigenvalue weighted by molar-refractivity contribution is 0.0315. The van der Waals surface area contributed by atoms with Gasteiger partial charge in [0.05, 0.1) is 22.7 Å². The van der Waals surface area contributed by atoms with Gasteiger partial charge in [-0.05, 0) is 53.5 Å². The van der Waals surface area contributed by atoms with Crippen molar-refractivity contribution in [3.8, 4) is 0 Å². The van der Waals surface area contributed by atoms with E-state index >= 15 is 0 Å². The molecule has 1 amide bonds. The lowest BCUT2D eigenvalue weighted by Gasteiger charge is -2.28. The van der Waals surface area contributed by atoms with E-state index in [1.54, 1.807) is 24.9 Å². The van der Waals surface area contributed by atoms with Crippen LogP contribution in [-0.4, -0.2) is 49.4 Å². The van der Waals surface area contributed by atoms with Crippen molar-refractivity contribution < 1.29 is 9.90 Å². The summed E-state index contributed by atoms with van der Waals surface area (Å²) in [5, 5.41) is 15.4. The molecule has 6 heteroatoms. The van der Waals surface area contributed by atoms with E-state index in [0.717, 1.165) is 29.6 Å². The van der Waals surface area contributed by atoms with Crippen LogP contribution in [0.1, 0.15) is 75.5 Å². The van der Waals surface area contributed by atoms with Gasteiger partial charge in [0.2, 0.25) is 0 Å². The minimum Gasteiger partial charge on any atom is -0.389 e. The molecule has 1 aliphatic carbocycles. The third-order valence-electron chi connectivity index (χ3n) is 4.55. The summed E-state index contributed by atoms with van der Waals surface area (Å²) in [5.74, 6) is 0.387. The molecular formula is C19H28N4O2. The number of nitrogens with zero attached hydrogens (tertiary/aromatic N) is 4. The Kier molecular flexibility index (Phi) is 4.58. The smallest absolute Gasteiger partial charge is 0.254 e. The topological polar surface area (TPSA) is 71.2 Å². The van der Waals surface area contributed by atoms with Crippen molar-refractivity contribution in [1.82, 2.24) is 19.7 Å². The first kappa shape index (κ1) is 17.9. The highest BCUT2D eigenvalue weighted by Gasteiger charge is 2.30. The Balaban J connectivity index is 2.09. The summed E-state index contributed by atoms with van der Waals surface area (Å²) in [4.78, 5) is 19.7. The lowest BCUT2D eigenvalue weighted by atomic mass is 10.1. The Hall–Kier alpha value is -1.95. The maximum Gasteiger partial charge on any atom is 0.254 e. The molecule has 1 fully saturated rings. The minimum atomic E-state index is -0.931. The normalized spacial score (nSPS) is 15.2. The molecule has 1 aliphatic rings. The Morgan fingerprint density at radius 2 is 2.12 bits per heavy atom. The van der Waals surface area contributed by atoms with E-state index in [4.69, 9.17) is 4.98 Å². The van der Waals surface area contributed by atoms with E-state index < -0.39 is 5.60 Å². The third kappa shape index (κ3) is 3.68. The van der Waals surface area contributed by atoms with E-state index in [1.165, 1.54) is 0 Å². The molecule has 0 bridgehead atoms. The van der Waals surface area contributed by atoms with Crippen molar-refractivity contribution in [2.45, 2.75) is 65.0 Å². The van der Waals surface area contributed by atoms with Crippen molar-refractivity contribution in [2.24, 2.45) is 0 Å². The molecule has 0 aliphatic heterocycles. The average molecular weight is 344 g/mol. The molecule has 1 saturated carbocycles. The first-order valence-corrected chi connectivity index (χ1v) is 9.11. The highest BCUT2D eigenvalue weighted by atomic mass is 16.3. The third-order valence-corrected chi connectivity index (χ3v) is 4.55. The number of pyridine rings is 1. The van der Waals surface area contributed by atoms with Crippen LogP contribution in [0.15, 0.2) is 12.3 Å². The second kappa shape index (κ2) is 6.41. The van der Waals surface area contributed by atoms with Gasteiger partial charge in [-0.1, -0.05) is 0 Å². The first-order valence-electron chi connectivity index (χ1n) is 9.11. The van der Waals surface area contributed by atoms with E-state index in [1.807, 2.05) is 17.7 Å². The van der Waals surface area contributed by atoms with E-state index in [9.17, 15) is 9.90 Å². The molecule has 1 N–H and O–H groups in total. The van der Waals surface area contributed by atoms with Crippen LogP contribution in [-0.2, 0) is 0 Å². The average Bonchev–Trinajstić information content (AvgIpc) is 3.29. The first-order chi connectivity index (χ1) is 11.7. The largest absolute Gasteiger partial charge is 0.389 e. The van der Waals surface area contributed by atoms with Crippen molar-refractivity contribution in [1.29, 1.82) is 0 Å². The second-order valence-electron chi connectivity index (χ2n) is 7.92. The van der Waals surface area contributed by atoms with Gasteiger partial charge in [-0.2, -0.15) is 5.10 Å². The molecule has 2 aromatic rings. The number of carbonyl (C=O) groups is 1. The zero-order valence-corrected chi connectivity index (χ0v) is 15.8. The number of aliphatic hydroxyl groups is 1. The van der Waals surface area contributed by atoms with Gasteiger partial charge in [0.15, 0.2) is 5.65 Å². The Labute approximate surface area is 148 Å². The molecule has 0 atom stereocenters. The summed E-state index contributed by atoms with van der Waals surface area (Å²) >= 11 is 0. The van der Waals surface area contributed by atoms with Crippen LogP contribution in [0.25, 0.3) is 11.0 Å². The minimum absolute atomic E-state index is 0.0674. The van der Waals surface area contributed by atoms with Crippen molar-refractivity contribution >= 4 is 16.9 Å². The molecular weight excluding hydrogens is 316 g/mol. The number of hydrogen-bond acceptors (Lipinski definition) is 4. The zero-order valence-electron chi connectivity index (χ0n) is 15.8. The summed E-state index contributed by atoms with van der Waals surface area (Å²) in [6.45, 7) is 10.3. The highest BCUT2D eigenvalue weighted by molar-refractivity contribution is 6.05. The molecule has 6 nitrogen and oxygen atoms in total. The number of hydrogen-bond donors (Lipinski definition) is 1. The molecule has 2 heterocycles. The standard InChI is InChI=1S/C19H28N4O2/c1-6-22(11-19(4,5)25)18(24)14-9-16(13-7-8-13)21-17-15(14)10-20-23(17)12(2)3/h9-10,12-13,25H,6-8,11H2,1-5H3. The van der Waals surface area contributed by atoms with Gasteiger partial charge < -0.3 is 10.0 Å². The maximum absolute atomic E-state index is 13.2. The SMILES string of the molecule is CCN(CC(C)(C)O)C(=O)c1cc(C2CC2)nc2c1cnn2C(C)C. The van der Waals surface area contributed by atoms with Gasteiger partial charge in [-0.15, -0.1) is 0 Å². The molecule has 0 radical (unpaired) electrons. The fourth-order valence-electron chi connectivity index (χ4n) is 3.15. The summed E-state index contributed by atoms with van der Waals surface area (Å²) in [5.41, 5.74) is 1.48. The van der Waals surface area contributed by atoms with Crippen LogP contribution in [0.2, 0.25) is 0 Å². The molecule has 0 spiro atoms. The zero-order chi connectivity index (χ0) is 18.4. The van der Waals surface area contributed by atoms with Gasteiger partial charge in [0.25, 0.3) is 5.91 Å². The van der Waals surface area contributed by atoms with E-state index in [-0.39, 0.29) is 11.9 Å². The van der Waals surface area contributed by atoms with Crippen LogP contribution in [0.4, 0.5) is 0 Å². The molecule has 2 aromatic heterocycles. The number of fused-ring (bicyclic) bond motifs is 1. The summed E-state index contributed by atoms with van der Waals surface area (Å²) < 4.78 is 1.88. The summed E-state index contributed by atoms with van der Waals surface area (Å²) in [6.07, 6.45) is 4.00. The fraction of sp³-hybridized carbons (Fsp3) is 0.632. The van der Waals surface area contributed by atoms with Crippen LogP contribution >= 0.6 is 0 Å². The van der Waals surface area contributed by atoms with Crippen LogP contribution in [0.5, 0.6) is 0 Å². The number of rotatable bonds is 6. The molecule has 0 saturated heterocycles. The molecule has 136 valence electrons. The van der Waals surface area contributed by atoms with Crippen molar-refractivity contribution in [3.05, 3.63) is 23.5 Å². The van der Waals surface area contributed by atoms with Crippen LogP contribution < -0.4 is 0 Å². The molecule has 0 unspecified atom stereocenters. The fourth-order valence-corrected chi connectivity index (χ4v) is 3.15. The predicted molar refractivity (Wildman–Crippen MR) is 97.8 cm³/mol. The highest BCUT2D eigenvalue weighted by Crippen LogP contribution is 2.40. The van der Waals surface area contributed by atoms with E-state index in [0.29, 0.717) is 24.6 Å². The Morgan fingerprint density at radius 3 is 2.64 bits per heavy atom. The number of carbonyl (C=O) groups excluding carboxylic acids is 1. The van der Waals surface area contributed by atoms with Crippen LogP contribution in [0.3, 0.4) is 0 Å². The quantitative estimate of drug-likeness (QED) is 0.874. The molecule has 3 rings (SSSR count). The van der Waals surface area contributed by atoms with Crippen molar-refractivity contribution in [2.75, 3.05) is 13.1 Å². The molecule has 0 aromatic carbocycles. The van der Waals surface area contributed by atoms with Crippen molar-refractivity contribution in [3.63, 3.8) is 0 Å². The summed E-state index contributed by atoms with van der Waals surface area (Å²) in [7, 11) is 0. The van der Waals surface area contributed by atoms with Gasteiger partial charge in [-0.3, -0.25) is 4.79 Å². The number of aromatic nitrogens is 3. The maximum atomic E-state index is 13.2. The Bertz CT molecular complexity index is 785. The lowest BCUT2D eigenvalue weighted by Crippen LogP contribution is -2.42. The molecule has 25 heavy (non-hydrogen) atoms. The Morgan fingerprint density at radius 1 is 1.44 bits per heavy atom. The second-order valence-corrected chi connectivity index (χ2v) is 7.92. The van der Waals surface area contributed by atoms with Crippen LogP contribution in [0, 0.1) is 0 Å². The van der Waals surface area contributed by atoms with Gasteiger partial charge in [-0.25, -0.2) is 9.67 Å². The van der Waals surface area contributed by atoms with Gasteiger partial charge >= 0.3 is 0 Å². The van der Waals surface area contributed by atoms with Gasteiger partial charge in [0, 0.05) is 30.7 Å². The summed E-state index contributed by atoms with van der Waals surface area (Å²) in [6, 6.07) is 2.11. The number of likely N-dealkylation sites (N-methyl/N-ethyl adjacent to an activating group) is 1. The van der Waals surface area contributed by atoms with Gasteiger partial charge in [0.1, 0.15) is 0 Å².